The molecule has 0 saturated carbocycles. The molecular weight excluding hydrogens is 441 g/mol. The third kappa shape index (κ3) is 5.49. The Kier molecular flexibility index (Phi) is 6.61. The Morgan fingerprint density at radius 3 is 2.19 bits per heavy atom. The minimum absolute atomic E-state index is 0.165. The molecule has 0 unspecified atom stereocenters. The number of Topliss-reactive ketones (excluding diaryl/α,β-unsaturated/α-hetero) is 1. The summed E-state index contributed by atoms with van der Waals surface area (Å²) in [5.41, 5.74) is -3.00. The summed E-state index contributed by atoms with van der Waals surface area (Å²) < 4.78 is 93.6. The number of carbonyl (C=O) groups is 1. The van der Waals surface area contributed by atoms with E-state index >= 15 is 0 Å². The van der Waals surface area contributed by atoms with E-state index in [9.17, 15) is 35.5 Å². The van der Waals surface area contributed by atoms with Gasteiger partial charge in [0.2, 0.25) is 0 Å². The van der Waals surface area contributed by atoms with Crippen LogP contribution in [0.2, 0.25) is 0 Å². The van der Waals surface area contributed by atoms with Gasteiger partial charge in [-0.25, -0.2) is 4.39 Å². The number of carbonyl (C=O) groups excluding carboxylic acids is 1. The Morgan fingerprint density at radius 2 is 1.59 bits per heavy atom. The third-order valence-electron chi connectivity index (χ3n) is 4.73. The molecule has 3 nitrogen and oxygen atoms in total. The monoisotopic (exact) mass is 456 g/mol. The van der Waals surface area contributed by atoms with Crippen molar-refractivity contribution < 1.29 is 35.5 Å². The van der Waals surface area contributed by atoms with Crippen LogP contribution in [0.5, 0.6) is 0 Å². The SMILES string of the molecule is O=C(Cc1cccnc1)C[C@@H](c1ccc(C(F)(F)F)c(F)c1)c1ncccc1C(F)(F)F. The van der Waals surface area contributed by atoms with E-state index in [1.807, 2.05) is 0 Å². The summed E-state index contributed by atoms with van der Waals surface area (Å²) in [6.45, 7) is 0. The van der Waals surface area contributed by atoms with Gasteiger partial charge in [0.05, 0.1) is 16.8 Å². The lowest BCUT2D eigenvalue weighted by Crippen LogP contribution is -2.18. The van der Waals surface area contributed by atoms with E-state index in [1.165, 1.54) is 12.4 Å². The van der Waals surface area contributed by atoms with Crippen molar-refractivity contribution in [3.05, 3.63) is 94.8 Å². The topological polar surface area (TPSA) is 42.9 Å². The molecule has 168 valence electrons. The van der Waals surface area contributed by atoms with Gasteiger partial charge in [-0.1, -0.05) is 12.1 Å². The number of pyridine rings is 2. The molecule has 3 rings (SSSR count). The molecule has 10 heteroatoms. The normalized spacial score (nSPS) is 13.1. The van der Waals surface area contributed by atoms with E-state index in [1.54, 1.807) is 12.1 Å². The van der Waals surface area contributed by atoms with Crippen LogP contribution >= 0.6 is 0 Å². The minimum Gasteiger partial charge on any atom is -0.299 e. The summed E-state index contributed by atoms with van der Waals surface area (Å²) in [5, 5.41) is 0. The van der Waals surface area contributed by atoms with Gasteiger partial charge in [0.25, 0.3) is 0 Å². The highest BCUT2D eigenvalue weighted by atomic mass is 19.4. The van der Waals surface area contributed by atoms with Crippen molar-refractivity contribution in [1.82, 2.24) is 9.97 Å². The molecule has 0 spiro atoms. The molecule has 3 aromatic rings. The summed E-state index contributed by atoms with van der Waals surface area (Å²) in [4.78, 5) is 20.2. The molecule has 0 N–H and O–H groups in total. The van der Waals surface area contributed by atoms with E-state index in [0.29, 0.717) is 17.7 Å². The highest BCUT2D eigenvalue weighted by Crippen LogP contribution is 2.39. The van der Waals surface area contributed by atoms with Gasteiger partial charge in [-0.2, -0.15) is 26.3 Å². The third-order valence-corrected chi connectivity index (χ3v) is 4.73. The zero-order valence-electron chi connectivity index (χ0n) is 16.2. The highest BCUT2D eigenvalue weighted by Gasteiger charge is 2.38. The van der Waals surface area contributed by atoms with Crippen molar-refractivity contribution in [3.8, 4) is 0 Å². The zero-order chi connectivity index (χ0) is 23.5. The Bertz CT molecular complexity index is 1100. The van der Waals surface area contributed by atoms with Crippen LogP contribution in [-0.2, 0) is 23.6 Å². The fraction of sp³-hybridized carbons (Fsp3) is 0.227. The van der Waals surface area contributed by atoms with Crippen LogP contribution in [0.3, 0.4) is 0 Å². The van der Waals surface area contributed by atoms with E-state index in [0.717, 1.165) is 24.4 Å². The predicted octanol–water partition coefficient (Wildman–Crippen LogP) is 5.99. The van der Waals surface area contributed by atoms with Gasteiger partial charge in [0.1, 0.15) is 11.6 Å². The molecular formula is C22H15F7N2O. The lowest BCUT2D eigenvalue weighted by Gasteiger charge is -2.21. The highest BCUT2D eigenvalue weighted by molar-refractivity contribution is 5.82. The van der Waals surface area contributed by atoms with Gasteiger partial charge < -0.3 is 0 Å². The summed E-state index contributed by atoms with van der Waals surface area (Å²) in [6, 6.07) is 6.78. The van der Waals surface area contributed by atoms with E-state index in [-0.39, 0.29) is 12.0 Å². The predicted molar refractivity (Wildman–Crippen MR) is 100 cm³/mol. The molecule has 0 aliphatic rings. The maximum Gasteiger partial charge on any atom is 0.419 e. The molecule has 32 heavy (non-hydrogen) atoms. The lowest BCUT2D eigenvalue weighted by atomic mass is 9.86. The standard InChI is InChI=1S/C22H15F7N2O/c23-19-10-14(5-6-17(19)21(24,25)26)16(11-15(32)9-13-3-1-7-30-12-13)20-18(22(27,28)29)4-2-8-31-20/h1-8,10,12,16H,9,11H2/t16-/m0/s1. The van der Waals surface area contributed by atoms with Gasteiger partial charge in [-0.05, 0) is 41.5 Å². The lowest BCUT2D eigenvalue weighted by molar-refractivity contribution is -0.140. The molecule has 1 aromatic carbocycles. The summed E-state index contributed by atoms with van der Waals surface area (Å²) in [6.07, 6.45) is -6.54. The molecule has 2 aromatic heterocycles. The van der Waals surface area contributed by atoms with Gasteiger partial charge >= 0.3 is 12.4 Å². The second kappa shape index (κ2) is 9.05. The first kappa shape index (κ1) is 23.4. The number of alkyl halides is 6. The van der Waals surface area contributed by atoms with Crippen LogP contribution in [0.4, 0.5) is 30.7 Å². The molecule has 1 atom stereocenters. The molecule has 0 bridgehead atoms. The number of ketones is 1. The van der Waals surface area contributed by atoms with E-state index in [2.05, 4.69) is 9.97 Å². The molecule has 0 saturated heterocycles. The maximum atomic E-state index is 14.2. The van der Waals surface area contributed by atoms with Crippen LogP contribution in [-0.4, -0.2) is 15.8 Å². The number of aromatic nitrogens is 2. The molecule has 0 fully saturated rings. The van der Waals surface area contributed by atoms with Crippen LogP contribution in [0.25, 0.3) is 0 Å². The molecule has 0 amide bonds. The molecule has 0 aliphatic heterocycles. The van der Waals surface area contributed by atoms with Gasteiger partial charge in [-0.3, -0.25) is 14.8 Å². The zero-order valence-corrected chi connectivity index (χ0v) is 16.2. The Balaban J connectivity index is 2.05. The van der Waals surface area contributed by atoms with Crippen LogP contribution in [0.15, 0.2) is 61.1 Å². The van der Waals surface area contributed by atoms with Gasteiger partial charge in [0.15, 0.2) is 0 Å². The number of hydrogen-bond acceptors (Lipinski definition) is 3. The Labute approximate surface area is 177 Å². The van der Waals surface area contributed by atoms with Crippen molar-refractivity contribution in [1.29, 1.82) is 0 Å². The summed E-state index contributed by atoms with van der Waals surface area (Å²) in [5.74, 6) is -3.57. The first-order valence-corrected chi connectivity index (χ1v) is 9.26. The van der Waals surface area contributed by atoms with Gasteiger partial charge in [0, 0.05) is 37.4 Å². The van der Waals surface area contributed by atoms with Crippen molar-refractivity contribution in [2.75, 3.05) is 0 Å². The van der Waals surface area contributed by atoms with Crippen molar-refractivity contribution in [2.24, 2.45) is 0 Å². The van der Waals surface area contributed by atoms with Crippen molar-refractivity contribution >= 4 is 5.78 Å². The Morgan fingerprint density at radius 1 is 0.906 bits per heavy atom. The number of benzene rings is 1. The fourth-order valence-corrected chi connectivity index (χ4v) is 3.32. The van der Waals surface area contributed by atoms with E-state index < -0.39 is 53.1 Å². The van der Waals surface area contributed by atoms with E-state index in [4.69, 9.17) is 0 Å². The molecule has 0 aliphatic carbocycles. The smallest absolute Gasteiger partial charge is 0.299 e. The average molecular weight is 456 g/mol. The maximum absolute atomic E-state index is 14.2. The van der Waals surface area contributed by atoms with Crippen molar-refractivity contribution in [3.63, 3.8) is 0 Å². The Hall–Kier alpha value is -3.30. The number of nitrogens with zero attached hydrogens (tertiary/aromatic N) is 2. The average Bonchev–Trinajstić information content (AvgIpc) is 2.71. The second-order valence-electron chi connectivity index (χ2n) is 7.00. The van der Waals surface area contributed by atoms with Crippen LogP contribution in [0.1, 0.15) is 40.3 Å². The van der Waals surface area contributed by atoms with Crippen LogP contribution in [0, 0.1) is 5.82 Å². The second-order valence-corrected chi connectivity index (χ2v) is 7.00. The fourth-order valence-electron chi connectivity index (χ4n) is 3.32. The quantitative estimate of drug-likeness (QED) is 0.428. The number of halogens is 7. The minimum atomic E-state index is -4.98. The molecule has 0 radical (unpaired) electrons. The number of rotatable bonds is 6. The van der Waals surface area contributed by atoms with Crippen LogP contribution < -0.4 is 0 Å². The summed E-state index contributed by atoms with van der Waals surface area (Å²) in [7, 11) is 0. The van der Waals surface area contributed by atoms with Crippen molar-refractivity contribution in [2.45, 2.75) is 31.1 Å². The number of hydrogen-bond donors (Lipinski definition) is 0. The largest absolute Gasteiger partial charge is 0.419 e. The first-order chi connectivity index (χ1) is 15.0. The summed E-state index contributed by atoms with van der Waals surface area (Å²) >= 11 is 0. The molecule has 2 heterocycles. The first-order valence-electron chi connectivity index (χ1n) is 9.26. The van der Waals surface area contributed by atoms with Gasteiger partial charge in [-0.15, -0.1) is 0 Å².